The van der Waals surface area contributed by atoms with E-state index < -0.39 is 5.97 Å². The van der Waals surface area contributed by atoms with E-state index in [2.05, 4.69) is 9.72 Å². The van der Waals surface area contributed by atoms with Crippen LogP contribution < -0.4 is 5.43 Å². The van der Waals surface area contributed by atoms with Crippen molar-refractivity contribution in [3.05, 3.63) is 81.1 Å². The lowest BCUT2D eigenvalue weighted by Crippen LogP contribution is -2.09. The highest BCUT2D eigenvalue weighted by molar-refractivity contribution is 6.38. The molecule has 0 atom stereocenters. The lowest BCUT2D eigenvalue weighted by molar-refractivity contribution is 0.0600. The summed E-state index contributed by atoms with van der Waals surface area (Å²) in [5, 5.41) is 10.8. The van der Waals surface area contributed by atoms with Crippen LogP contribution in [0, 0.1) is 0 Å². The minimum Gasteiger partial charge on any atom is -0.506 e. The first-order chi connectivity index (χ1) is 12.5. The topological polar surface area (TPSA) is 96.5 Å². The molecule has 1 heterocycles. The number of fused-ring (bicyclic) bond motifs is 2. The number of H-pyrrole nitrogens is 1. The van der Waals surface area contributed by atoms with Crippen molar-refractivity contribution in [2.45, 2.75) is 0 Å². The number of nitrogens with one attached hydrogen (secondary N) is 1. The number of allylic oxidation sites excluding steroid dienone is 1. The van der Waals surface area contributed by atoms with Crippen molar-refractivity contribution in [3.8, 4) is 0 Å². The standard InChI is InChI=1S/C20H13NO5/c1-26-20(25)10-6-7-13-14(8-10)21-15(9-16(13)22)17-18(23)11-4-2-3-5-12(11)19(17)24/h2-9,23H,1H3,(H,21,22). The Morgan fingerprint density at radius 2 is 1.77 bits per heavy atom. The van der Waals surface area contributed by atoms with Crippen molar-refractivity contribution in [1.82, 2.24) is 4.98 Å². The van der Waals surface area contributed by atoms with Crippen LogP contribution >= 0.6 is 0 Å². The van der Waals surface area contributed by atoms with Gasteiger partial charge in [0, 0.05) is 22.6 Å². The van der Waals surface area contributed by atoms with Crippen LogP contribution in [0.2, 0.25) is 0 Å². The number of hydrogen-bond donors (Lipinski definition) is 2. The van der Waals surface area contributed by atoms with Crippen molar-refractivity contribution in [1.29, 1.82) is 0 Å². The van der Waals surface area contributed by atoms with Crippen LogP contribution in [-0.4, -0.2) is 29.0 Å². The second-order valence-electron chi connectivity index (χ2n) is 5.90. The number of Topliss-reactive ketones (excluding diaryl/α,β-unsaturated/α-hetero) is 1. The Labute approximate surface area is 147 Å². The summed E-state index contributed by atoms with van der Waals surface area (Å²) in [5.41, 5.74) is 1.36. The van der Waals surface area contributed by atoms with Gasteiger partial charge in [0.15, 0.2) is 11.2 Å². The van der Waals surface area contributed by atoms with Gasteiger partial charge in [0.05, 0.1) is 29.5 Å². The van der Waals surface area contributed by atoms with Crippen LogP contribution in [-0.2, 0) is 4.74 Å². The highest BCUT2D eigenvalue weighted by atomic mass is 16.5. The lowest BCUT2D eigenvalue weighted by atomic mass is 10.0. The van der Waals surface area contributed by atoms with Gasteiger partial charge in [-0.1, -0.05) is 24.3 Å². The number of aromatic nitrogens is 1. The molecule has 0 bridgehead atoms. The molecule has 2 aromatic carbocycles. The van der Waals surface area contributed by atoms with Crippen molar-refractivity contribution < 1.29 is 19.4 Å². The Balaban J connectivity index is 1.93. The molecule has 2 N–H and O–H groups in total. The minimum absolute atomic E-state index is 0.0358. The highest BCUT2D eigenvalue weighted by Crippen LogP contribution is 2.35. The molecule has 0 spiro atoms. The molecule has 0 saturated carbocycles. The van der Waals surface area contributed by atoms with Gasteiger partial charge in [-0.25, -0.2) is 4.79 Å². The van der Waals surface area contributed by atoms with Crippen LogP contribution in [0.25, 0.3) is 22.2 Å². The van der Waals surface area contributed by atoms with Gasteiger partial charge in [0.25, 0.3) is 0 Å². The third-order valence-corrected chi connectivity index (χ3v) is 4.41. The Hall–Kier alpha value is -3.67. The van der Waals surface area contributed by atoms with Gasteiger partial charge in [0.2, 0.25) is 0 Å². The first-order valence-electron chi connectivity index (χ1n) is 7.84. The first kappa shape index (κ1) is 15.8. The lowest BCUT2D eigenvalue weighted by Gasteiger charge is -2.07. The molecule has 6 heteroatoms. The van der Waals surface area contributed by atoms with Gasteiger partial charge in [-0.05, 0) is 18.2 Å². The number of hydrogen-bond acceptors (Lipinski definition) is 5. The fourth-order valence-corrected chi connectivity index (χ4v) is 3.15. The SMILES string of the molecule is COC(=O)c1ccc2c(=O)cc(C3=C(O)c4ccccc4C3=O)[nH]c2c1. The quantitative estimate of drug-likeness (QED) is 0.695. The van der Waals surface area contributed by atoms with Gasteiger partial charge in [0.1, 0.15) is 5.76 Å². The summed E-state index contributed by atoms with van der Waals surface area (Å²) in [6.45, 7) is 0. The van der Waals surface area contributed by atoms with Gasteiger partial charge in [-0.3, -0.25) is 9.59 Å². The van der Waals surface area contributed by atoms with Crippen molar-refractivity contribution >= 4 is 34.0 Å². The summed E-state index contributed by atoms with van der Waals surface area (Å²) in [6.07, 6.45) is 0. The molecule has 1 aliphatic rings. The van der Waals surface area contributed by atoms with E-state index in [4.69, 9.17) is 0 Å². The van der Waals surface area contributed by atoms with E-state index in [1.807, 2.05) is 0 Å². The highest BCUT2D eigenvalue weighted by Gasteiger charge is 2.31. The number of methoxy groups -OCH3 is 1. The molecule has 0 aliphatic heterocycles. The number of ketones is 1. The van der Waals surface area contributed by atoms with Crippen LogP contribution in [0.3, 0.4) is 0 Å². The molecular formula is C20H13NO5. The van der Waals surface area contributed by atoms with Gasteiger partial charge in [-0.15, -0.1) is 0 Å². The molecule has 0 amide bonds. The molecule has 0 radical (unpaired) electrons. The molecule has 0 unspecified atom stereocenters. The van der Waals surface area contributed by atoms with Crippen molar-refractivity contribution in [2.24, 2.45) is 0 Å². The average molecular weight is 347 g/mol. The van der Waals surface area contributed by atoms with Gasteiger partial charge < -0.3 is 14.8 Å². The number of esters is 1. The number of ether oxygens (including phenoxy) is 1. The molecule has 1 aromatic heterocycles. The van der Waals surface area contributed by atoms with Gasteiger partial charge in [-0.2, -0.15) is 0 Å². The molecular weight excluding hydrogens is 334 g/mol. The normalized spacial score (nSPS) is 13.2. The summed E-state index contributed by atoms with van der Waals surface area (Å²) < 4.78 is 4.69. The molecule has 6 nitrogen and oxygen atoms in total. The first-order valence-corrected chi connectivity index (χ1v) is 7.84. The summed E-state index contributed by atoms with van der Waals surface area (Å²) in [6, 6.07) is 12.5. The van der Waals surface area contributed by atoms with E-state index in [-0.39, 0.29) is 33.8 Å². The maximum absolute atomic E-state index is 12.7. The molecule has 4 rings (SSSR count). The van der Waals surface area contributed by atoms with E-state index in [0.717, 1.165) is 0 Å². The average Bonchev–Trinajstić information content (AvgIpc) is 2.91. The third kappa shape index (κ3) is 2.23. The monoisotopic (exact) mass is 347 g/mol. The number of benzene rings is 2. The number of carbonyl (C=O) groups excluding carboxylic acids is 2. The molecule has 1 aliphatic carbocycles. The largest absolute Gasteiger partial charge is 0.506 e. The number of carbonyl (C=O) groups is 2. The minimum atomic E-state index is -0.537. The molecule has 26 heavy (non-hydrogen) atoms. The van der Waals surface area contributed by atoms with E-state index in [1.54, 1.807) is 24.3 Å². The molecule has 128 valence electrons. The second kappa shape index (κ2) is 5.70. The fraction of sp³-hybridized carbons (Fsp3) is 0.0500. The number of aromatic amines is 1. The molecule has 0 saturated heterocycles. The predicted octanol–water partition coefficient (Wildman–Crippen LogP) is 2.94. The zero-order valence-corrected chi connectivity index (χ0v) is 13.7. The van der Waals surface area contributed by atoms with E-state index in [9.17, 15) is 19.5 Å². The van der Waals surface area contributed by atoms with Crippen LogP contribution in [0.1, 0.15) is 32.0 Å². The van der Waals surface area contributed by atoms with Crippen LogP contribution in [0.15, 0.2) is 53.3 Å². The maximum atomic E-state index is 12.7. The number of pyridine rings is 1. The van der Waals surface area contributed by atoms with Crippen LogP contribution in [0.4, 0.5) is 0 Å². The predicted molar refractivity (Wildman–Crippen MR) is 96.1 cm³/mol. The van der Waals surface area contributed by atoms with Crippen molar-refractivity contribution in [2.75, 3.05) is 7.11 Å². The fourth-order valence-electron chi connectivity index (χ4n) is 3.15. The maximum Gasteiger partial charge on any atom is 0.337 e. The molecule has 0 fully saturated rings. The Kier molecular flexibility index (Phi) is 3.47. The summed E-state index contributed by atoms with van der Waals surface area (Å²) in [5.74, 6) is -1.08. The Bertz CT molecular complexity index is 1190. The van der Waals surface area contributed by atoms with Crippen molar-refractivity contribution in [3.63, 3.8) is 0 Å². The number of aliphatic hydroxyl groups is 1. The van der Waals surface area contributed by atoms with E-state index >= 15 is 0 Å². The summed E-state index contributed by atoms with van der Waals surface area (Å²) >= 11 is 0. The second-order valence-corrected chi connectivity index (χ2v) is 5.90. The third-order valence-electron chi connectivity index (χ3n) is 4.41. The Morgan fingerprint density at radius 3 is 2.46 bits per heavy atom. The van der Waals surface area contributed by atoms with Gasteiger partial charge >= 0.3 is 5.97 Å². The number of aliphatic hydroxyl groups excluding tert-OH is 1. The van der Waals surface area contributed by atoms with Crippen LogP contribution in [0.5, 0.6) is 0 Å². The zero-order chi connectivity index (χ0) is 18.4. The zero-order valence-electron chi connectivity index (χ0n) is 13.7. The number of rotatable bonds is 2. The van der Waals surface area contributed by atoms with E-state index in [1.165, 1.54) is 31.4 Å². The summed E-state index contributed by atoms with van der Waals surface area (Å²) in [7, 11) is 1.27. The smallest absolute Gasteiger partial charge is 0.337 e. The summed E-state index contributed by atoms with van der Waals surface area (Å²) in [4.78, 5) is 39.8. The molecule has 3 aromatic rings. The Morgan fingerprint density at radius 1 is 1.04 bits per heavy atom. The van der Waals surface area contributed by atoms with E-state index in [0.29, 0.717) is 22.0 Å².